The van der Waals surface area contributed by atoms with Gasteiger partial charge in [0.25, 0.3) is 5.91 Å². The minimum absolute atomic E-state index is 0.155. The van der Waals surface area contributed by atoms with Crippen LogP contribution in [0.1, 0.15) is 10.5 Å². The Hall–Kier alpha value is -4.34. The average molecular weight is 454 g/mol. The molecule has 2 aromatic carbocycles. The van der Waals surface area contributed by atoms with Crippen molar-refractivity contribution in [3.8, 4) is 17.1 Å². The van der Waals surface area contributed by atoms with E-state index in [0.717, 1.165) is 11.0 Å². The molecule has 0 unspecified atom stereocenters. The zero-order valence-corrected chi connectivity index (χ0v) is 17.3. The smallest absolute Gasteiger partial charge is 0.272 e. The second-order valence-electron chi connectivity index (χ2n) is 7.07. The Morgan fingerprint density at radius 1 is 1.03 bits per heavy atom. The van der Waals surface area contributed by atoms with Crippen LogP contribution in [0.2, 0.25) is 0 Å². The van der Waals surface area contributed by atoms with Gasteiger partial charge in [0.05, 0.1) is 24.2 Å². The Kier molecular flexibility index (Phi) is 5.99. The third-order valence-corrected chi connectivity index (χ3v) is 4.74. The number of nitrogens with zero attached hydrogens (tertiary/aromatic N) is 3. The third-order valence-electron chi connectivity index (χ3n) is 4.74. The van der Waals surface area contributed by atoms with Gasteiger partial charge >= 0.3 is 0 Å². The van der Waals surface area contributed by atoms with Gasteiger partial charge < -0.3 is 14.6 Å². The first kappa shape index (κ1) is 21.9. The van der Waals surface area contributed by atoms with E-state index < -0.39 is 41.5 Å². The number of likely N-dealkylation sites (N-methyl/N-ethyl adjacent to an activating group) is 1. The summed E-state index contributed by atoms with van der Waals surface area (Å²) in [5, 5.41) is 6.59. The van der Waals surface area contributed by atoms with Gasteiger partial charge in [-0.25, -0.2) is 17.9 Å². The Morgan fingerprint density at radius 2 is 1.79 bits per heavy atom. The maximum absolute atomic E-state index is 13.8. The minimum atomic E-state index is -1.70. The van der Waals surface area contributed by atoms with Crippen LogP contribution in [0.5, 0.6) is 0 Å². The van der Waals surface area contributed by atoms with Crippen LogP contribution in [0, 0.1) is 17.5 Å². The van der Waals surface area contributed by atoms with Crippen molar-refractivity contribution in [1.82, 2.24) is 14.7 Å². The van der Waals surface area contributed by atoms with Crippen LogP contribution in [0.15, 0.2) is 71.3 Å². The summed E-state index contributed by atoms with van der Waals surface area (Å²) in [6.45, 7) is -0.479. The van der Waals surface area contributed by atoms with E-state index >= 15 is 0 Å². The fourth-order valence-corrected chi connectivity index (χ4v) is 3.14. The molecule has 2 heterocycles. The second-order valence-corrected chi connectivity index (χ2v) is 7.07. The van der Waals surface area contributed by atoms with Crippen molar-refractivity contribution in [2.45, 2.75) is 0 Å². The van der Waals surface area contributed by atoms with Gasteiger partial charge in [-0.15, -0.1) is 0 Å². The zero-order chi connectivity index (χ0) is 23.5. The van der Waals surface area contributed by atoms with Crippen LogP contribution in [0.4, 0.5) is 18.9 Å². The van der Waals surface area contributed by atoms with Crippen molar-refractivity contribution in [2.75, 3.05) is 18.9 Å². The quantitative estimate of drug-likeness (QED) is 0.442. The summed E-state index contributed by atoms with van der Waals surface area (Å²) in [6.07, 6.45) is 1.48. The summed E-state index contributed by atoms with van der Waals surface area (Å²) in [5.74, 6) is -5.50. The highest BCUT2D eigenvalue weighted by molar-refractivity contribution is 5.99. The predicted octanol–water partition coefficient (Wildman–Crippen LogP) is 4.26. The van der Waals surface area contributed by atoms with Gasteiger partial charge in [-0.3, -0.25) is 9.59 Å². The van der Waals surface area contributed by atoms with Crippen LogP contribution < -0.4 is 5.32 Å². The summed E-state index contributed by atoms with van der Waals surface area (Å²) >= 11 is 0. The number of anilines is 1. The zero-order valence-electron chi connectivity index (χ0n) is 17.3. The lowest BCUT2D eigenvalue weighted by molar-refractivity contribution is -0.116. The summed E-state index contributed by atoms with van der Waals surface area (Å²) in [7, 11) is 1.37. The van der Waals surface area contributed by atoms with Gasteiger partial charge in [0.1, 0.15) is 11.4 Å². The van der Waals surface area contributed by atoms with Gasteiger partial charge in [-0.1, -0.05) is 18.2 Å². The number of para-hydroxylation sites is 1. The molecule has 0 bridgehead atoms. The van der Waals surface area contributed by atoms with Crippen LogP contribution in [0.25, 0.3) is 17.1 Å². The predicted molar refractivity (Wildman–Crippen MR) is 113 cm³/mol. The number of hydrogen-bond donors (Lipinski definition) is 1. The molecule has 0 spiro atoms. The van der Waals surface area contributed by atoms with Gasteiger partial charge in [-0.05, 0) is 36.4 Å². The molecule has 10 heteroatoms. The van der Waals surface area contributed by atoms with E-state index in [2.05, 4.69) is 10.4 Å². The number of hydrogen-bond acceptors (Lipinski definition) is 4. The number of carbonyl (C=O) groups excluding carboxylic acids is 2. The van der Waals surface area contributed by atoms with E-state index in [1.165, 1.54) is 24.1 Å². The van der Waals surface area contributed by atoms with Crippen molar-refractivity contribution in [1.29, 1.82) is 0 Å². The number of rotatable bonds is 6. The molecule has 4 rings (SSSR count). The Bertz CT molecular complexity index is 1300. The van der Waals surface area contributed by atoms with E-state index in [-0.39, 0.29) is 5.69 Å². The number of nitrogens with one attached hydrogen (secondary N) is 1. The number of aromatic nitrogens is 2. The summed E-state index contributed by atoms with van der Waals surface area (Å²) < 4.78 is 47.1. The first-order chi connectivity index (χ1) is 15.8. The minimum Gasteiger partial charge on any atom is -0.463 e. The molecule has 2 aromatic heterocycles. The molecule has 0 aliphatic heterocycles. The largest absolute Gasteiger partial charge is 0.463 e. The highest BCUT2D eigenvalue weighted by Crippen LogP contribution is 2.23. The lowest BCUT2D eigenvalue weighted by Gasteiger charge is -2.17. The molecule has 0 saturated carbocycles. The molecule has 0 aliphatic carbocycles. The molecule has 1 N–H and O–H groups in total. The SMILES string of the molecule is CN(CC(=O)Nc1ccc(F)c(F)c1F)C(=O)c1cc(-c2ccco2)nn1-c1ccccc1. The molecular formula is C23H17F3N4O3. The van der Waals surface area contributed by atoms with E-state index in [0.29, 0.717) is 23.2 Å². The molecule has 168 valence electrons. The number of furan rings is 1. The fraction of sp³-hybridized carbons (Fsp3) is 0.0870. The lowest BCUT2D eigenvalue weighted by Crippen LogP contribution is -2.36. The summed E-state index contributed by atoms with van der Waals surface area (Å²) in [4.78, 5) is 26.6. The highest BCUT2D eigenvalue weighted by Gasteiger charge is 2.23. The molecule has 0 radical (unpaired) electrons. The first-order valence-electron chi connectivity index (χ1n) is 9.73. The Balaban J connectivity index is 1.57. The molecule has 7 nitrogen and oxygen atoms in total. The third kappa shape index (κ3) is 4.49. The number of carbonyl (C=O) groups is 2. The van der Waals surface area contributed by atoms with Crippen LogP contribution in [-0.2, 0) is 4.79 Å². The molecule has 0 aliphatic rings. The van der Waals surface area contributed by atoms with Crippen molar-refractivity contribution >= 4 is 17.5 Å². The number of halogens is 3. The van der Waals surface area contributed by atoms with Crippen molar-refractivity contribution < 1.29 is 27.2 Å². The molecular weight excluding hydrogens is 437 g/mol. The van der Waals surface area contributed by atoms with Crippen molar-refractivity contribution in [3.05, 3.63) is 90.1 Å². The summed E-state index contributed by atoms with van der Waals surface area (Å²) in [5.41, 5.74) is 0.644. The number of benzene rings is 2. The molecule has 4 aromatic rings. The monoisotopic (exact) mass is 454 g/mol. The topological polar surface area (TPSA) is 80.4 Å². The van der Waals surface area contributed by atoms with Crippen LogP contribution in [0.3, 0.4) is 0 Å². The lowest BCUT2D eigenvalue weighted by atomic mass is 10.2. The second kappa shape index (κ2) is 9.03. The van der Waals surface area contributed by atoms with E-state index in [9.17, 15) is 22.8 Å². The van der Waals surface area contributed by atoms with Gasteiger partial charge in [-0.2, -0.15) is 5.10 Å². The Labute approximate surface area is 186 Å². The van der Waals surface area contributed by atoms with E-state index in [4.69, 9.17) is 4.42 Å². The maximum Gasteiger partial charge on any atom is 0.272 e. The fourth-order valence-electron chi connectivity index (χ4n) is 3.14. The first-order valence-corrected chi connectivity index (χ1v) is 9.73. The van der Waals surface area contributed by atoms with E-state index in [1.54, 1.807) is 36.4 Å². The normalized spacial score (nSPS) is 10.8. The van der Waals surface area contributed by atoms with Crippen molar-refractivity contribution in [2.24, 2.45) is 0 Å². The van der Waals surface area contributed by atoms with Crippen LogP contribution in [-0.4, -0.2) is 40.1 Å². The maximum atomic E-state index is 13.8. The van der Waals surface area contributed by atoms with Gasteiger partial charge in [0.15, 0.2) is 23.2 Å². The highest BCUT2D eigenvalue weighted by atomic mass is 19.2. The van der Waals surface area contributed by atoms with Crippen molar-refractivity contribution in [3.63, 3.8) is 0 Å². The Morgan fingerprint density at radius 3 is 2.48 bits per heavy atom. The molecule has 0 fully saturated rings. The molecule has 0 atom stereocenters. The van der Waals surface area contributed by atoms with Gasteiger partial charge in [0, 0.05) is 13.1 Å². The molecule has 0 saturated heterocycles. The van der Waals surface area contributed by atoms with E-state index in [1.807, 2.05) is 6.07 Å². The van der Waals surface area contributed by atoms with Crippen LogP contribution >= 0.6 is 0 Å². The summed E-state index contributed by atoms with van der Waals surface area (Å²) in [6, 6.07) is 15.4. The number of amides is 2. The molecule has 2 amide bonds. The van der Waals surface area contributed by atoms with Gasteiger partial charge in [0.2, 0.25) is 5.91 Å². The average Bonchev–Trinajstić information content (AvgIpc) is 3.49. The standard InChI is InChI=1S/C23H17F3N4O3/c1-29(13-20(31)27-16-10-9-15(24)21(25)22(16)26)23(32)18-12-17(19-8-5-11-33-19)28-30(18)14-6-3-2-4-7-14/h2-12H,13H2,1H3,(H,27,31). The molecule has 33 heavy (non-hydrogen) atoms.